The van der Waals surface area contributed by atoms with Gasteiger partial charge in [-0.05, 0) is 31.7 Å². The Kier molecular flexibility index (Phi) is 3.39. The van der Waals surface area contributed by atoms with Crippen molar-refractivity contribution in [1.29, 1.82) is 0 Å². The van der Waals surface area contributed by atoms with Gasteiger partial charge in [0.2, 0.25) is 0 Å². The van der Waals surface area contributed by atoms with Crippen LogP contribution in [0, 0.1) is 0 Å². The molecular formula is C15H20O3S. The van der Waals surface area contributed by atoms with Crippen LogP contribution in [0.3, 0.4) is 0 Å². The number of benzene rings is 1. The van der Waals surface area contributed by atoms with E-state index in [9.17, 15) is 9.32 Å². The van der Waals surface area contributed by atoms with Crippen LogP contribution in [0.4, 0.5) is 0 Å². The molecule has 3 rings (SSSR count). The normalized spacial score (nSPS) is 37.9. The molecule has 0 saturated carbocycles. The monoisotopic (exact) mass is 280 g/mol. The number of methoxy groups -OCH3 is 1. The fraction of sp³-hybridized carbons (Fsp3) is 0.600. The van der Waals surface area contributed by atoms with Crippen molar-refractivity contribution in [3.63, 3.8) is 0 Å². The first-order valence-corrected chi connectivity index (χ1v) is 8.17. The maximum Gasteiger partial charge on any atom is 0.124 e. The van der Waals surface area contributed by atoms with Crippen LogP contribution < -0.4 is 4.74 Å². The second-order valence-corrected chi connectivity index (χ2v) is 7.63. The highest BCUT2D eigenvalue weighted by atomic mass is 32.2. The molecule has 1 aromatic carbocycles. The second kappa shape index (κ2) is 4.91. The van der Waals surface area contributed by atoms with Gasteiger partial charge in [0.05, 0.1) is 12.7 Å². The molecule has 19 heavy (non-hydrogen) atoms. The summed E-state index contributed by atoms with van der Waals surface area (Å²) in [6.45, 7) is 0. The van der Waals surface area contributed by atoms with Gasteiger partial charge in [-0.3, -0.25) is 4.21 Å². The number of ether oxygens (including phenoxy) is 1. The summed E-state index contributed by atoms with van der Waals surface area (Å²) in [5.41, 5.74) is -0.0258. The van der Waals surface area contributed by atoms with E-state index in [1.54, 1.807) is 7.11 Å². The van der Waals surface area contributed by atoms with Crippen molar-refractivity contribution >= 4 is 10.8 Å². The number of rotatable bonds is 2. The minimum Gasteiger partial charge on any atom is -0.496 e. The highest BCUT2D eigenvalue weighted by Gasteiger charge is 2.47. The lowest BCUT2D eigenvalue weighted by atomic mass is 9.80. The van der Waals surface area contributed by atoms with Crippen LogP contribution in [0.25, 0.3) is 0 Å². The van der Waals surface area contributed by atoms with E-state index in [2.05, 4.69) is 0 Å². The highest BCUT2D eigenvalue weighted by molar-refractivity contribution is 7.86. The highest BCUT2D eigenvalue weighted by Crippen LogP contribution is 2.46. The van der Waals surface area contributed by atoms with E-state index >= 15 is 0 Å². The Hall–Kier alpha value is -0.870. The minimum absolute atomic E-state index is 0.141. The molecule has 2 fully saturated rings. The molecule has 2 aliphatic heterocycles. The molecule has 1 aromatic rings. The summed E-state index contributed by atoms with van der Waals surface area (Å²) in [5, 5.41) is 11.3. The standard InChI is InChI=1S/C15H20O3S/c1-18-14-8-3-2-7-13(14)15(16)9-11-5-4-6-12(10-15)19(11)17/h2-3,7-8,11-12,16H,4-6,9-10H2,1H3. The third-order valence-electron chi connectivity index (χ3n) is 4.45. The van der Waals surface area contributed by atoms with E-state index in [4.69, 9.17) is 4.74 Å². The third-order valence-corrected chi connectivity index (χ3v) is 6.57. The summed E-state index contributed by atoms with van der Waals surface area (Å²) in [6, 6.07) is 7.65. The van der Waals surface area contributed by atoms with Crippen molar-refractivity contribution < 1.29 is 14.1 Å². The predicted octanol–water partition coefficient (Wildman–Crippen LogP) is 2.35. The van der Waals surface area contributed by atoms with Crippen molar-refractivity contribution in [3.8, 4) is 5.75 Å². The van der Waals surface area contributed by atoms with Crippen LogP contribution >= 0.6 is 0 Å². The molecule has 3 nitrogen and oxygen atoms in total. The van der Waals surface area contributed by atoms with Crippen molar-refractivity contribution in [2.75, 3.05) is 7.11 Å². The van der Waals surface area contributed by atoms with E-state index < -0.39 is 16.4 Å². The van der Waals surface area contributed by atoms with Crippen LogP contribution in [0.2, 0.25) is 0 Å². The maximum atomic E-state index is 12.2. The van der Waals surface area contributed by atoms with E-state index in [0.29, 0.717) is 12.8 Å². The van der Waals surface area contributed by atoms with E-state index in [-0.39, 0.29) is 10.5 Å². The molecule has 0 spiro atoms. The number of aliphatic hydroxyl groups is 1. The molecule has 104 valence electrons. The summed E-state index contributed by atoms with van der Waals surface area (Å²) in [7, 11) is 0.863. The molecule has 2 atom stereocenters. The summed E-state index contributed by atoms with van der Waals surface area (Å²) >= 11 is 0. The van der Waals surface area contributed by atoms with Crippen LogP contribution in [-0.2, 0) is 16.4 Å². The zero-order valence-electron chi connectivity index (χ0n) is 11.2. The smallest absolute Gasteiger partial charge is 0.124 e. The number of para-hydroxylation sites is 1. The second-order valence-electron chi connectivity index (χ2n) is 5.64. The fourth-order valence-corrected chi connectivity index (χ4v) is 5.75. The zero-order valence-corrected chi connectivity index (χ0v) is 12.0. The molecule has 2 saturated heterocycles. The van der Waals surface area contributed by atoms with Crippen molar-refractivity contribution in [2.45, 2.75) is 48.2 Å². The Morgan fingerprint density at radius 3 is 2.53 bits per heavy atom. The number of hydrogen-bond acceptors (Lipinski definition) is 3. The van der Waals surface area contributed by atoms with E-state index in [1.165, 1.54) is 0 Å². The maximum absolute atomic E-state index is 12.2. The van der Waals surface area contributed by atoms with Gasteiger partial charge < -0.3 is 9.84 Å². The van der Waals surface area contributed by atoms with Gasteiger partial charge in [0.25, 0.3) is 0 Å². The summed E-state index contributed by atoms with van der Waals surface area (Å²) in [4.78, 5) is 0. The largest absolute Gasteiger partial charge is 0.496 e. The van der Waals surface area contributed by atoms with Crippen LogP contribution in [0.1, 0.15) is 37.7 Å². The first-order chi connectivity index (χ1) is 9.14. The summed E-state index contributed by atoms with van der Waals surface area (Å²) in [5.74, 6) is 0.732. The molecule has 2 bridgehead atoms. The van der Waals surface area contributed by atoms with E-state index in [0.717, 1.165) is 30.6 Å². The van der Waals surface area contributed by atoms with Gasteiger partial charge in [0.1, 0.15) is 5.75 Å². The molecule has 2 unspecified atom stereocenters. The number of fused-ring (bicyclic) bond motifs is 2. The van der Waals surface area contributed by atoms with Gasteiger partial charge in [-0.1, -0.05) is 24.6 Å². The Morgan fingerprint density at radius 1 is 1.26 bits per heavy atom. The van der Waals surface area contributed by atoms with Gasteiger partial charge in [-0.15, -0.1) is 0 Å². The first-order valence-electron chi connectivity index (χ1n) is 6.89. The molecule has 1 N–H and O–H groups in total. The van der Waals surface area contributed by atoms with Crippen molar-refractivity contribution in [3.05, 3.63) is 29.8 Å². The Bertz CT molecular complexity index is 484. The van der Waals surface area contributed by atoms with Gasteiger partial charge in [0, 0.05) is 26.9 Å². The molecule has 2 aliphatic rings. The molecule has 2 heterocycles. The average Bonchev–Trinajstić information content (AvgIpc) is 2.41. The van der Waals surface area contributed by atoms with Gasteiger partial charge >= 0.3 is 0 Å². The molecular weight excluding hydrogens is 260 g/mol. The zero-order chi connectivity index (χ0) is 13.5. The molecule has 4 heteroatoms. The quantitative estimate of drug-likeness (QED) is 0.904. The Balaban J connectivity index is 1.97. The average molecular weight is 280 g/mol. The molecule has 0 radical (unpaired) electrons. The predicted molar refractivity (Wildman–Crippen MR) is 75.7 cm³/mol. The lowest BCUT2D eigenvalue weighted by molar-refractivity contribution is 0.00453. The van der Waals surface area contributed by atoms with Crippen molar-refractivity contribution in [2.24, 2.45) is 0 Å². The van der Waals surface area contributed by atoms with Gasteiger partial charge in [-0.25, -0.2) is 0 Å². The van der Waals surface area contributed by atoms with Gasteiger partial charge in [0.15, 0.2) is 0 Å². The van der Waals surface area contributed by atoms with Crippen LogP contribution in [0.15, 0.2) is 24.3 Å². The number of hydrogen-bond donors (Lipinski definition) is 1. The summed E-state index contributed by atoms with van der Waals surface area (Å²) < 4.78 is 17.6. The summed E-state index contributed by atoms with van der Waals surface area (Å²) in [6.07, 6.45) is 4.27. The first kappa shape index (κ1) is 13.1. The topological polar surface area (TPSA) is 46.5 Å². The fourth-order valence-electron chi connectivity index (χ4n) is 3.53. The third kappa shape index (κ3) is 2.21. The molecule has 0 aliphatic carbocycles. The van der Waals surface area contributed by atoms with Crippen LogP contribution in [0.5, 0.6) is 5.75 Å². The lowest BCUT2D eigenvalue weighted by Crippen LogP contribution is -2.47. The molecule has 0 amide bonds. The lowest BCUT2D eigenvalue weighted by Gasteiger charge is -2.44. The SMILES string of the molecule is COc1ccccc1C1(O)CC2CCCC(C1)S2=O. The minimum atomic E-state index is -0.879. The van der Waals surface area contributed by atoms with Crippen LogP contribution in [-0.4, -0.2) is 26.9 Å². The van der Waals surface area contributed by atoms with Crippen molar-refractivity contribution in [1.82, 2.24) is 0 Å². The Morgan fingerprint density at radius 2 is 1.89 bits per heavy atom. The Labute approximate surface area is 116 Å². The van der Waals surface area contributed by atoms with E-state index in [1.807, 2.05) is 24.3 Å². The van der Waals surface area contributed by atoms with Gasteiger partial charge in [-0.2, -0.15) is 0 Å². The molecule has 0 aromatic heterocycles.